The highest BCUT2D eigenvalue weighted by molar-refractivity contribution is 5.49. The van der Waals surface area contributed by atoms with Crippen LogP contribution in [0.2, 0.25) is 0 Å². The molecule has 0 fully saturated rings. The zero-order chi connectivity index (χ0) is 21.1. The number of para-hydroxylation sites is 1. The van der Waals surface area contributed by atoms with E-state index < -0.39 is 0 Å². The molecule has 28 heavy (non-hydrogen) atoms. The van der Waals surface area contributed by atoms with E-state index in [9.17, 15) is 5.11 Å². The van der Waals surface area contributed by atoms with Gasteiger partial charge in [-0.05, 0) is 52.5 Å². The van der Waals surface area contributed by atoms with Crippen LogP contribution in [0.4, 0.5) is 0 Å². The first-order chi connectivity index (χ1) is 12.9. The number of benzene rings is 2. The lowest BCUT2D eigenvalue weighted by molar-refractivity contribution is 0.309. The second-order valence-electron chi connectivity index (χ2n) is 9.79. The van der Waals surface area contributed by atoms with Crippen LogP contribution in [0.3, 0.4) is 0 Å². The van der Waals surface area contributed by atoms with Gasteiger partial charge in [-0.3, -0.25) is 0 Å². The Morgan fingerprint density at radius 3 is 1.86 bits per heavy atom. The van der Waals surface area contributed by atoms with Gasteiger partial charge in [0.1, 0.15) is 18.1 Å². The van der Waals surface area contributed by atoms with Crippen molar-refractivity contribution in [2.45, 2.75) is 72.8 Å². The number of ether oxygens (including phenoxy) is 1. The van der Waals surface area contributed by atoms with Crippen molar-refractivity contribution in [3.8, 4) is 11.5 Å². The summed E-state index contributed by atoms with van der Waals surface area (Å²) in [6.45, 7) is 19.2. The molecule has 2 aromatic carbocycles. The standard InChI is InChI=1S/C25H37NO2/c1-17-10-9-11-18(2)23(17)28-13-12-26-16-19-14-20(24(3,4)5)22(27)21(15-19)25(6,7)8/h9-11,14-15,26-27H,12-13,16H2,1-8H3. The molecule has 0 aliphatic rings. The van der Waals surface area contributed by atoms with Gasteiger partial charge in [-0.2, -0.15) is 0 Å². The van der Waals surface area contributed by atoms with Gasteiger partial charge in [0.15, 0.2) is 0 Å². The summed E-state index contributed by atoms with van der Waals surface area (Å²) >= 11 is 0. The average Bonchev–Trinajstić information content (AvgIpc) is 2.56. The number of rotatable bonds is 6. The third-order valence-electron chi connectivity index (χ3n) is 5.05. The molecule has 0 radical (unpaired) electrons. The predicted molar refractivity (Wildman–Crippen MR) is 119 cm³/mol. The van der Waals surface area contributed by atoms with Crippen LogP contribution in [-0.4, -0.2) is 18.3 Å². The van der Waals surface area contributed by atoms with E-state index in [-0.39, 0.29) is 10.8 Å². The fourth-order valence-electron chi connectivity index (χ4n) is 3.42. The molecule has 0 atom stereocenters. The topological polar surface area (TPSA) is 41.5 Å². The van der Waals surface area contributed by atoms with Crippen LogP contribution in [0.15, 0.2) is 30.3 Å². The Morgan fingerprint density at radius 1 is 0.893 bits per heavy atom. The van der Waals surface area contributed by atoms with Crippen molar-refractivity contribution in [2.24, 2.45) is 0 Å². The maximum absolute atomic E-state index is 10.8. The highest BCUT2D eigenvalue weighted by atomic mass is 16.5. The van der Waals surface area contributed by atoms with E-state index in [1.165, 1.54) is 16.7 Å². The lowest BCUT2D eigenvalue weighted by Crippen LogP contribution is -2.23. The van der Waals surface area contributed by atoms with E-state index in [1.807, 2.05) is 0 Å². The Bertz CT molecular complexity index is 755. The van der Waals surface area contributed by atoms with Crippen molar-refractivity contribution in [1.82, 2.24) is 5.32 Å². The fourth-order valence-corrected chi connectivity index (χ4v) is 3.42. The number of aryl methyl sites for hydroxylation is 2. The van der Waals surface area contributed by atoms with Crippen molar-refractivity contribution >= 4 is 0 Å². The molecule has 2 N–H and O–H groups in total. The Kier molecular flexibility index (Phi) is 6.82. The van der Waals surface area contributed by atoms with Gasteiger partial charge in [0.05, 0.1) is 0 Å². The molecule has 0 unspecified atom stereocenters. The highest BCUT2D eigenvalue weighted by Gasteiger charge is 2.26. The molecule has 154 valence electrons. The van der Waals surface area contributed by atoms with Crippen LogP contribution in [0.25, 0.3) is 0 Å². The molecular weight excluding hydrogens is 346 g/mol. The molecule has 0 saturated heterocycles. The molecular formula is C25H37NO2. The molecule has 0 aliphatic heterocycles. The van der Waals surface area contributed by atoms with Crippen LogP contribution < -0.4 is 10.1 Å². The maximum atomic E-state index is 10.8. The minimum atomic E-state index is -0.106. The first-order valence-electron chi connectivity index (χ1n) is 10.2. The molecule has 0 bridgehead atoms. The molecule has 0 spiro atoms. The van der Waals surface area contributed by atoms with Gasteiger partial charge < -0.3 is 15.2 Å². The van der Waals surface area contributed by atoms with Gasteiger partial charge in [0.2, 0.25) is 0 Å². The number of hydrogen-bond donors (Lipinski definition) is 2. The normalized spacial score (nSPS) is 12.3. The molecule has 0 heterocycles. The molecule has 2 aromatic rings. The summed E-state index contributed by atoms with van der Waals surface area (Å²) in [5.74, 6) is 1.42. The van der Waals surface area contributed by atoms with Gasteiger partial charge in [-0.15, -0.1) is 0 Å². The molecule has 0 amide bonds. The minimum absolute atomic E-state index is 0.106. The first kappa shape index (κ1) is 22.3. The van der Waals surface area contributed by atoms with Crippen LogP contribution in [0, 0.1) is 13.8 Å². The SMILES string of the molecule is Cc1cccc(C)c1OCCNCc1cc(C(C)(C)C)c(O)c(C(C)(C)C)c1. The van der Waals surface area contributed by atoms with Crippen molar-refractivity contribution in [3.63, 3.8) is 0 Å². The van der Waals surface area contributed by atoms with Crippen LogP contribution in [0.1, 0.15) is 69.4 Å². The van der Waals surface area contributed by atoms with E-state index in [4.69, 9.17) is 4.74 Å². The van der Waals surface area contributed by atoms with E-state index in [0.717, 1.165) is 30.0 Å². The fraction of sp³-hybridized carbons (Fsp3) is 0.520. The third-order valence-corrected chi connectivity index (χ3v) is 5.05. The Balaban J connectivity index is 2.06. The van der Waals surface area contributed by atoms with Crippen LogP contribution in [-0.2, 0) is 17.4 Å². The molecule has 3 heteroatoms. The number of aromatic hydroxyl groups is 1. The van der Waals surface area contributed by atoms with Gasteiger partial charge in [0, 0.05) is 13.1 Å². The van der Waals surface area contributed by atoms with Crippen LogP contribution in [0.5, 0.6) is 11.5 Å². The number of phenols is 1. The molecule has 3 nitrogen and oxygen atoms in total. The Morgan fingerprint density at radius 2 is 1.39 bits per heavy atom. The van der Waals surface area contributed by atoms with Crippen molar-refractivity contribution in [1.29, 1.82) is 0 Å². The van der Waals surface area contributed by atoms with Crippen LogP contribution >= 0.6 is 0 Å². The number of phenolic OH excluding ortho intramolecular Hbond substituents is 1. The molecule has 0 aromatic heterocycles. The quantitative estimate of drug-likeness (QED) is 0.622. The average molecular weight is 384 g/mol. The van der Waals surface area contributed by atoms with Gasteiger partial charge in [-0.25, -0.2) is 0 Å². The summed E-state index contributed by atoms with van der Waals surface area (Å²) in [7, 11) is 0. The van der Waals surface area contributed by atoms with E-state index in [1.54, 1.807) is 0 Å². The van der Waals surface area contributed by atoms with Gasteiger partial charge in [0.25, 0.3) is 0 Å². The smallest absolute Gasteiger partial charge is 0.125 e. The number of hydrogen-bond acceptors (Lipinski definition) is 3. The lowest BCUT2D eigenvalue weighted by atomic mass is 9.78. The number of nitrogens with one attached hydrogen (secondary N) is 1. The zero-order valence-corrected chi connectivity index (χ0v) is 18.9. The largest absolute Gasteiger partial charge is 0.507 e. The van der Waals surface area contributed by atoms with Gasteiger partial charge >= 0.3 is 0 Å². The van der Waals surface area contributed by atoms with E-state index >= 15 is 0 Å². The summed E-state index contributed by atoms with van der Waals surface area (Å²) in [4.78, 5) is 0. The third kappa shape index (κ3) is 5.51. The van der Waals surface area contributed by atoms with Crippen molar-refractivity contribution in [3.05, 3.63) is 58.1 Å². The Hall–Kier alpha value is -2.00. The zero-order valence-electron chi connectivity index (χ0n) is 18.9. The minimum Gasteiger partial charge on any atom is -0.507 e. The summed E-state index contributed by atoms with van der Waals surface area (Å²) in [6.07, 6.45) is 0. The molecule has 0 aliphatic carbocycles. The summed E-state index contributed by atoms with van der Waals surface area (Å²) in [5, 5.41) is 14.3. The molecule has 0 saturated carbocycles. The maximum Gasteiger partial charge on any atom is 0.125 e. The summed E-state index contributed by atoms with van der Waals surface area (Å²) in [5.41, 5.74) is 5.33. The highest BCUT2D eigenvalue weighted by Crippen LogP contribution is 2.39. The second kappa shape index (κ2) is 8.57. The van der Waals surface area contributed by atoms with Crippen molar-refractivity contribution < 1.29 is 9.84 Å². The first-order valence-corrected chi connectivity index (χ1v) is 10.2. The lowest BCUT2D eigenvalue weighted by Gasteiger charge is -2.28. The molecule has 2 rings (SSSR count). The Labute approximate surface area is 171 Å². The van der Waals surface area contributed by atoms with Crippen molar-refractivity contribution in [2.75, 3.05) is 13.2 Å². The van der Waals surface area contributed by atoms with E-state index in [0.29, 0.717) is 12.4 Å². The summed E-state index contributed by atoms with van der Waals surface area (Å²) < 4.78 is 5.98. The summed E-state index contributed by atoms with van der Waals surface area (Å²) in [6, 6.07) is 10.5. The predicted octanol–water partition coefficient (Wildman–Crippen LogP) is 5.77. The second-order valence-corrected chi connectivity index (χ2v) is 9.79. The van der Waals surface area contributed by atoms with E-state index in [2.05, 4.69) is 91.0 Å². The van der Waals surface area contributed by atoms with Gasteiger partial charge in [-0.1, -0.05) is 71.9 Å². The monoisotopic (exact) mass is 383 g/mol.